The molecule has 0 aliphatic heterocycles. The summed E-state index contributed by atoms with van der Waals surface area (Å²) in [6.45, 7) is 0.760. The van der Waals surface area contributed by atoms with E-state index in [1.807, 2.05) is 0 Å². The summed E-state index contributed by atoms with van der Waals surface area (Å²) in [5, 5.41) is 3.66. The van der Waals surface area contributed by atoms with E-state index in [0.717, 1.165) is 18.4 Å². The molecule has 2 N–H and O–H groups in total. The monoisotopic (exact) mass is 347 g/mol. The number of hydrogen-bond donors (Lipinski definition) is 2. The van der Waals surface area contributed by atoms with Crippen molar-refractivity contribution in [3.8, 4) is 0 Å². The number of nitrogens with one attached hydrogen (secondary N) is 2. The molecule has 0 saturated carbocycles. The van der Waals surface area contributed by atoms with Gasteiger partial charge >= 0.3 is 6.18 Å². The lowest BCUT2D eigenvalue weighted by atomic mass is 10.1. The molecule has 0 atom stereocenters. The largest absolute Gasteiger partial charge is 0.416 e. The maximum atomic E-state index is 12.7. The fourth-order valence-corrected chi connectivity index (χ4v) is 2.56. The highest BCUT2D eigenvalue weighted by Gasteiger charge is 2.30. The van der Waals surface area contributed by atoms with Gasteiger partial charge in [-0.25, -0.2) is 13.1 Å². The minimum atomic E-state index is -4.41. The number of alkyl halides is 3. The molecule has 0 aliphatic carbocycles. The second-order valence-electron chi connectivity index (χ2n) is 5.04. The molecule has 0 bridgehead atoms. The molecule has 2 rings (SSSR count). The zero-order valence-electron chi connectivity index (χ0n) is 12.3. The van der Waals surface area contributed by atoms with Crippen molar-refractivity contribution < 1.29 is 21.6 Å². The van der Waals surface area contributed by atoms with E-state index in [9.17, 15) is 21.6 Å². The van der Waals surface area contributed by atoms with Crippen molar-refractivity contribution in [1.82, 2.24) is 9.71 Å². The molecule has 1 aromatic carbocycles. The third-order valence-electron chi connectivity index (χ3n) is 3.10. The van der Waals surface area contributed by atoms with Gasteiger partial charge in [-0.1, -0.05) is 6.07 Å². The van der Waals surface area contributed by atoms with Gasteiger partial charge in [0, 0.05) is 30.4 Å². The minimum absolute atomic E-state index is 0.249. The second kappa shape index (κ2) is 6.71. The van der Waals surface area contributed by atoms with E-state index in [0.29, 0.717) is 24.0 Å². The van der Waals surface area contributed by atoms with E-state index in [1.54, 1.807) is 6.07 Å². The highest BCUT2D eigenvalue weighted by atomic mass is 32.2. The molecule has 0 fully saturated rings. The molecule has 0 amide bonds. The van der Waals surface area contributed by atoms with E-state index in [1.165, 1.54) is 12.3 Å². The number of hydrogen-bond acceptors (Lipinski definition) is 4. The predicted octanol–water partition coefficient (Wildman–Crippen LogP) is 2.60. The number of sulfonamides is 1. The van der Waals surface area contributed by atoms with Gasteiger partial charge in [0.05, 0.1) is 17.3 Å². The van der Waals surface area contributed by atoms with Crippen LogP contribution >= 0.6 is 0 Å². The number of pyridine rings is 1. The average molecular weight is 347 g/mol. The molecule has 0 unspecified atom stereocenters. The predicted molar refractivity (Wildman–Crippen MR) is 82.7 cm³/mol. The Kier molecular flexibility index (Phi) is 5.10. The third-order valence-corrected chi connectivity index (χ3v) is 3.83. The molecule has 2 aromatic rings. The highest BCUT2D eigenvalue weighted by Crippen LogP contribution is 2.32. The summed E-state index contributed by atoms with van der Waals surface area (Å²) in [6.07, 6.45) is -1.36. The first kappa shape index (κ1) is 17.5. The zero-order chi connectivity index (χ0) is 17.1. The Hall–Kier alpha value is -1.87. The van der Waals surface area contributed by atoms with Crippen LogP contribution in [0.25, 0.3) is 10.9 Å². The Bertz CT molecular complexity index is 791. The van der Waals surface area contributed by atoms with Crippen LogP contribution in [-0.2, 0) is 16.2 Å². The number of anilines is 1. The van der Waals surface area contributed by atoms with Crippen molar-refractivity contribution >= 4 is 26.6 Å². The summed E-state index contributed by atoms with van der Waals surface area (Å²) in [7, 11) is -3.22. The number of fused-ring (bicyclic) bond motifs is 1. The van der Waals surface area contributed by atoms with Crippen LogP contribution < -0.4 is 10.0 Å². The van der Waals surface area contributed by atoms with E-state index >= 15 is 0 Å². The van der Waals surface area contributed by atoms with Gasteiger partial charge in [-0.2, -0.15) is 13.2 Å². The number of nitrogens with zero attached hydrogens (tertiary/aromatic N) is 1. The summed E-state index contributed by atoms with van der Waals surface area (Å²) < 4.78 is 62.3. The molecule has 0 saturated heterocycles. The topological polar surface area (TPSA) is 71.1 Å². The first-order valence-electron chi connectivity index (χ1n) is 6.81. The maximum Gasteiger partial charge on any atom is 0.416 e. The summed E-state index contributed by atoms with van der Waals surface area (Å²) >= 11 is 0. The summed E-state index contributed by atoms with van der Waals surface area (Å²) in [4.78, 5) is 3.96. The Morgan fingerprint density at radius 1 is 1.17 bits per heavy atom. The van der Waals surface area contributed by atoms with Crippen LogP contribution in [0.2, 0.25) is 0 Å². The van der Waals surface area contributed by atoms with Gasteiger partial charge < -0.3 is 5.32 Å². The van der Waals surface area contributed by atoms with Crippen LogP contribution in [0.4, 0.5) is 18.9 Å². The van der Waals surface area contributed by atoms with E-state index in [-0.39, 0.29) is 12.1 Å². The first-order valence-corrected chi connectivity index (χ1v) is 8.70. The van der Waals surface area contributed by atoms with E-state index in [2.05, 4.69) is 15.0 Å². The van der Waals surface area contributed by atoms with Gasteiger partial charge in [0.2, 0.25) is 10.0 Å². The lowest BCUT2D eigenvalue weighted by Gasteiger charge is -2.11. The quantitative estimate of drug-likeness (QED) is 0.788. The van der Waals surface area contributed by atoms with Gasteiger partial charge in [0.25, 0.3) is 0 Å². The Balaban J connectivity index is 2.07. The maximum absolute atomic E-state index is 12.7. The van der Waals surface area contributed by atoms with Crippen LogP contribution in [-0.4, -0.2) is 32.7 Å². The van der Waals surface area contributed by atoms with Gasteiger partial charge in [-0.05, 0) is 24.6 Å². The number of benzene rings is 1. The second-order valence-corrected chi connectivity index (χ2v) is 6.87. The number of halogens is 3. The van der Waals surface area contributed by atoms with Gasteiger partial charge in [-0.3, -0.25) is 4.98 Å². The van der Waals surface area contributed by atoms with E-state index < -0.39 is 21.8 Å². The lowest BCUT2D eigenvalue weighted by molar-refractivity contribution is -0.137. The highest BCUT2D eigenvalue weighted by molar-refractivity contribution is 7.88. The van der Waals surface area contributed by atoms with Crippen molar-refractivity contribution in [3.63, 3.8) is 0 Å². The van der Waals surface area contributed by atoms with Crippen LogP contribution in [0.5, 0.6) is 0 Å². The third kappa shape index (κ3) is 5.07. The minimum Gasteiger partial charge on any atom is -0.384 e. The van der Waals surface area contributed by atoms with Crippen molar-refractivity contribution in [1.29, 1.82) is 0 Å². The van der Waals surface area contributed by atoms with Crippen molar-refractivity contribution in [2.45, 2.75) is 12.6 Å². The summed E-state index contributed by atoms with van der Waals surface area (Å²) in [6, 6.07) is 5.06. The molecule has 0 spiro atoms. The molecular formula is C14H16F3N3O2S. The fourth-order valence-electron chi connectivity index (χ4n) is 2.05. The molecule has 23 heavy (non-hydrogen) atoms. The van der Waals surface area contributed by atoms with Crippen LogP contribution in [0.15, 0.2) is 30.5 Å². The summed E-state index contributed by atoms with van der Waals surface area (Å²) in [5.41, 5.74) is 0.161. The lowest BCUT2D eigenvalue weighted by Crippen LogP contribution is -2.24. The normalized spacial score (nSPS) is 12.5. The average Bonchev–Trinajstić information content (AvgIpc) is 2.44. The Morgan fingerprint density at radius 2 is 1.91 bits per heavy atom. The first-order chi connectivity index (χ1) is 10.7. The Morgan fingerprint density at radius 3 is 2.57 bits per heavy atom. The van der Waals surface area contributed by atoms with Crippen LogP contribution in [0, 0.1) is 0 Å². The molecule has 1 aromatic heterocycles. The van der Waals surface area contributed by atoms with Crippen LogP contribution in [0.3, 0.4) is 0 Å². The van der Waals surface area contributed by atoms with Crippen molar-refractivity contribution in [3.05, 3.63) is 36.0 Å². The molecule has 5 nitrogen and oxygen atoms in total. The SMILES string of the molecule is CS(=O)(=O)NCCCNc1ccnc2cc(C(F)(F)F)ccc12. The fraction of sp³-hybridized carbons (Fsp3) is 0.357. The molecule has 0 aliphatic rings. The van der Waals surface area contributed by atoms with Gasteiger partial charge in [-0.15, -0.1) is 0 Å². The molecule has 1 heterocycles. The van der Waals surface area contributed by atoms with Crippen molar-refractivity contribution in [2.75, 3.05) is 24.7 Å². The molecule has 126 valence electrons. The zero-order valence-corrected chi connectivity index (χ0v) is 13.1. The smallest absolute Gasteiger partial charge is 0.384 e. The van der Waals surface area contributed by atoms with Crippen molar-refractivity contribution in [2.24, 2.45) is 0 Å². The number of rotatable bonds is 6. The van der Waals surface area contributed by atoms with Gasteiger partial charge in [0.15, 0.2) is 0 Å². The Labute approximate surface area is 132 Å². The van der Waals surface area contributed by atoms with E-state index in [4.69, 9.17) is 0 Å². The van der Waals surface area contributed by atoms with Crippen LogP contribution in [0.1, 0.15) is 12.0 Å². The molecule has 0 radical (unpaired) electrons. The molecular weight excluding hydrogens is 331 g/mol. The summed E-state index contributed by atoms with van der Waals surface area (Å²) in [5.74, 6) is 0. The standard InChI is InChI=1S/C14H16F3N3O2S/c1-23(21,22)20-7-2-6-18-12-5-8-19-13-9-10(14(15,16)17)3-4-11(12)13/h3-5,8-9,20H,2,6-7H2,1H3,(H,18,19). The van der Waals surface area contributed by atoms with Gasteiger partial charge in [0.1, 0.15) is 0 Å². The number of aromatic nitrogens is 1. The molecule has 9 heteroatoms.